The van der Waals surface area contributed by atoms with Gasteiger partial charge in [0.25, 0.3) is 0 Å². The van der Waals surface area contributed by atoms with Crippen LogP contribution in [-0.2, 0) is 14.3 Å². The first kappa shape index (κ1) is 19.2. The second-order valence-electron chi connectivity index (χ2n) is 8.73. The molecule has 0 saturated heterocycles. The smallest absolute Gasteiger partial charge is 0.306 e. The van der Waals surface area contributed by atoms with E-state index in [1.807, 2.05) is 41.5 Å². The third-order valence-electron chi connectivity index (χ3n) is 5.96. The van der Waals surface area contributed by atoms with E-state index in [0.717, 1.165) is 5.57 Å². The van der Waals surface area contributed by atoms with Gasteiger partial charge in [0.1, 0.15) is 6.10 Å². The number of fused-ring (bicyclic) bond motifs is 1. The molecule has 0 heterocycles. The van der Waals surface area contributed by atoms with Crippen LogP contribution < -0.4 is 0 Å². The summed E-state index contributed by atoms with van der Waals surface area (Å²) in [5, 5.41) is 11.4. The third-order valence-corrected chi connectivity index (χ3v) is 5.96. The molecule has 1 fully saturated rings. The summed E-state index contributed by atoms with van der Waals surface area (Å²) in [4.78, 5) is 25.1. The average Bonchev–Trinajstić information content (AvgIpc) is 2.66. The number of hydrogen-bond donors (Lipinski definition) is 1. The third kappa shape index (κ3) is 3.30. The maximum absolute atomic E-state index is 12.8. The molecule has 0 radical (unpaired) electrons. The van der Waals surface area contributed by atoms with E-state index in [2.05, 4.69) is 0 Å². The minimum atomic E-state index is -0.981. The SMILES string of the molecule is CC1=CC(=O)C2(C)CCC(O)(C(C)C)C2C(OC(=O)CC(C)C)C1. The van der Waals surface area contributed by atoms with Crippen molar-refractivity contribution in [1.82, 2.24) is 0 Å². The van der Waals surface area contributed by atoms with Gasteiger partial charge in [-0.15, -0.1) is 0 Å². The minimum absolute atomic E-state index is 0.00170. The van der Waals surface area contributed by atoms with Gasteiger partial charge in [-0.2, -0.15) is 0 Å². The van der Waals surface area contributed by atoms with Gasteiger partial charge in [0.2, 0.25) is 0 Å². The Hall–Kier alpha value is -1.16. The Balaban J connectivity index is 2.41. The molecule has 0 amide bonds. The van der Waals surface area contributed by atoms with Crippen molar-refractivity contribution in [3.05, 3.63) is 11.6 Å². The van der Waals surface area contributed by atoms with E-state index < -0.39 is 17.1 Å². The molecule has 4 unspecified atom stereocenters. The van der Waals surface area contributed by atoms with Gasteiger partial charge < -0.3 is 9.84 Å². The van der Waals surface area contributed by atoms with Crippen LogP contribution in [0.2, 0.25) is 0 Å². The van der Waals surface area contributed by atoms with Crippen LogP contribution in [0.15, 0.2) is 11.6 Å². The lowest BCUT2D eigenvalue weighted by atomic mass is 9.67. The van der Waals surface area contributed by atoms with Crippen molar-refractivity contribution in [1.29, 1.82) is 0 Å². The van der Waals surface area contributed by atoms with Crippen LogP contribution in [0.3, 0.4) is 0 Å². The molecule has 2 aliphatic rings. The first-order valence-electron chi connectivity index (χ1n) is 9.14. The predicted octanol–water partition coefficient (Wildman–Crippen LogP) is 3.67. The molecule has 1 N–H and O–H groups in total. The van der Waals surface area contributed by atoms with Gasteiger partial charge in [-0.1, -0.05) is 40.2 Å². The van der Waals surface area contributed by atoms with Gasteiger partial charge in [-0.05, 0) is 37.7 Å². The molecule has 0 bridgehead atoms. The summed E-state index contributed by atoms with van der Waals surface area (Å²) in [6.07, 6.45) is 3.33. The van der Waals surface area contributed by atoms with Crippen molar-refractivity contribution in [3.63, 3.8) is 0 Å². The minimum Gasteiger partial charge on any atom is -0.462 e. The molecule has 1 saturated carbocycles. The van der Waals surface area contributed by atoms with Crippen LogP contribution in [0.25, 0.3) is 0 Å². The largest absolute Gasteiger partial charge is 0.462 e. The number of ketones is 1. The molecule has 4 atom stereocenters. The van der Waals surface area contributed by atoms with Crippen LogP contribution in [0.1, 0.15) is 67.2 Å². The highest BCUT2D eigenvalue weighted by Crippen LogP contribution is 2.56. The Bertz CT molecular complexity index is 548. The Morgan fingerprint density at radius 2 is 1.96 bits per heavy atom. The van der Waals surface area contributed by atoms with Gasteiger partial charge in [-0.3, -0.25) is 9.59 Å². The molecule has 0 aromatic heterocycles. The average molecular weight is 336 g/mol. The molecule has 0 aromatic rings. The molecule has 4 nitrogen and oxygen atoms in total. The van der Waals surface area contributed by atoms with E-state index in [-0.39, 0.29) is 29.5 Å². The van der Waals surface area contributed by atoms with Gasteiger partial charge in [0, 0.05) is 24.2 Å². The zero-order valence-electron chi connectivity index (χ0n) is 15.9. The fourth-order valence-electron chi connectivity index (χ4n) is 4.52. The summed E-state index contributed by atoms with van der Waals surface area (Å²) < 4.78 is 5.83. The molecule has 4 heteroatoms. The number of hydrogen-bond acceptors (Lipinski definition) is 4. The number of ether oxygens (including phenoxy) is 1. The first-order chi connectivity index (χ1) is 11.0. The highest BCUT2D eigenvalue weighted by molar-refractivity contribution is 5.96. The molecular formula is C20H32O4. The Morgan fingerprint density at radius 1 is 1.33 bits per heavy atom. The Labute approximate surface area is 145 Å². The number of carbonyl (C=O) groups is 2. The summed E-state index contributed by atoms with van der Waals surface area (Å²) in [5.41, 5.74) is -0.727. The Kier molecular flexibility index (Phi) is 5.29. The van der Waals surface area contributed by atoms with Crippen molar-refractivity contribution >= 4 is 11.8 Å². The molecule has 0 aromatic carbocycles. The van der Waals surface area contributed by atoms with Crippen molar-refractivity contribution in [3.8, 4) is 0 Å². The zero-order chi connectivity index (χ0) is 18.3. The van der Waals surface area contributed by atoms with E-state index in [9.17, 15) is 14.7 Å². The monoisotopic (exact) mass is 336 g/mol. The van der Waals surface area contributed by atoms with Gasteiger partial charge in [0.05, 0.1) is 5.60 Å². The van der Waals surface area contributed by atoms with Gasteiger partial charge in [-0.25, -0.2) is 0 Å². The maximum Gasteiger partial charge on any atom is 0.306 e. The topological polar surface area (TPSA) is 63.6 Å². The first-order valence-corrected chi connectivity index (χ1v) is 9.14. The lowest BCUT2D eigenvalue weighted by Gasteiger charge is -2.42. The summed E-state index contributed by atoms with van der Waals surface area (Å²) >= 11 is 0. The lowest BCUT2D eigenvalue weighted by molar-refractivity contribution is -0.168. The molecule has 0 aliphatic heterocycles. The van der Waals surface area contributed by atoms with Crippen LogP contribution in [0.4, 0.5) is 0 Å². The summed E-state index contributed by atoms with van der Waals surface area (Å²) in [7, 11) is 0. The number of aliphatic hydroxyl groups is 1. The molecule has 0 spiro atoms. The number of rotatable bonds is 4. The maximum atomic E-state index is 12.8. The summed E-state index contributed by atoms with van der Waals surface area (Å²) in [6.45, 7) is 11.8. The molecular weight excluding hydrogens is 304 g/mol. The van der Waals surface area contributed by atoms with Crippen molar-refractivity contribution < 1.29 is 19.4 Å². The van der Waals surface area contributed by atoms with Crippen molar-refractivity contribution in [2.24, 2.45) is 23.2 Å². The van der Waals surface area contributed by atoms with Crippen molar-refractivity contribution in [2.75, 3.05) is 0 Å². The fourth-order valence-corrected chi connectivity index (χ4v) is 4.52. The standard InChI is InChI=1S/C20H32O4/c1-12(2)9-17(22)24-15-10-14(5)11-16(21)19(6)7-8-20(23,13(3)4)18(15)19/h11-13,15,18,23H,7-10H2,1-6H3. The van der Waals surface area contributed by atoms with Crippen LogP contribution >= 0.6 is 0 Å². The second-order valence-corrected chi connectivity index (χ2v) is 8.73. The summed E-state index contributed by atoms with van der Waals surface area (Å²) in [5.74, 6) is -0.314. The normalized spacial score (nSPS) is 36.5. The highest BCUT2D eigenvalue weighted by atomic mass is 16.5. The van der Waals surface area contributed by atoms with Gasteiger partial charge in [0.15, 0.2) is 5.78 Å². The van der Waals surface area contributed by atoms with Gasteiger partial charge >= 0.3 is 5.97 Å². The molecule has 136 valence electrons. The highest BCUT2D eigenvalue weighted by Gasteiger charge is 2.62. The van der Waals surface area contributed by atoms with Crippen LogP contribution in [-0.4, -0.2) is 28.6 Å². The van der Waals surface area contributed by atoms with Crippen LogP contribution in [0, 0.1) is 23.2 Å². The van der Waals surface area contributed by atoms with E-state index >= 15 is 0 Å². The number of allylic oxidation sites excluding steroid dienone is 1. The fraction of sp³-hybridized carbons (Fsp3) is 0.800. The molecule has 2 rings (SSSR count). The molecule has 24 heavy (non-hydrogen) atoms. The Morgan fingerprint density at radius 3 is 2.50 bits per heavy atom. The van der Waals surface area contributed by atoms with E-state index in [1.165, 1.54) is 0 Å². The van der Waals surface area contributed by atoms with E-state index in [0.29, 0.717) is 25.7 Å². The van der Waals surface area contributed by atoms with E-state index in [1.54, 1.807) is 6.08 Å². The van der Waals surface area contributed by atoms with E-state index in [4.69, 9.17) is 4.74 Å². The number of esters is 1. The molecule has 2 aliphatic carbocycles. The predicted molar refractivity (Wildman–Crippen MR) is 93.3 cm³/mol. The second kappa shape index (κ2) is 6.62. The summed E-state index contributed by atoms with van der Waals surface area (Å²) in [6, 6.07) is 0. The quantitative estimate of drug-likeness (QED) is 0.796. The number of carbonyl (C=O) groups excluding carboxylic acids is 2. The zero-order valence-corrected chi connectivity index (χ0v) is 15.9. The van der Waals surface area contributed by atoms with Crippen LogP contribution in [0.5, 0.6) is 0 Å². The van der Waals surface area contributed by atoms with Crippen molar-refractivity contribution in [2.45, 2.75) is 78.9 Å². The lowest BCUT2D eigenvalue weighted by Crippen LogP contribution is -2.52.